The van der Waals surface area contributed by atoms with Crippen molar-refractivity contribution in [3.63, 3.8) is 0 Å². The first kappa shape index (κ1) is 32.6. The van der Waals surface area contributed by atoms with Gasteiger partial charge in [0, 0.05) is 30.5 Å². The molecule has 7 heteroatoms. The molecule has 1 aromatic rings. The van der Waals surface area contributed by atoms with Gasteiger partial charge in [-0.1, -0.05) is 81.9 Å². The van der Waals surface area contributed by atoms with Crippen LogP contribution < -0.4 is 5.32 Å². The summed E-state index contributed by atoms with van der Waals surface area (Å²) in [6.07, 6.45) is 13.0. The number of nitrogens with zero attached hydrogens (tertiary/aromatic N) is 2. The summed E-state index contributed by atoms with van der Waals surface area (Å²) in [5.74, 6) is 5.99. The van der Waals surface area contributed by atoms with Gasteiger partial charge in [-0.2, -0.15) is 5.06 Å². The van der Waals surface area contributed by atoms with Crippen LogP contribution in [0, 0.1) is 17.8 Å². The van der Waals surface area contributed by atoms with E-state index in [2.05, 4.69) is 36.0 Å². The number of aliphatic hydroxyl groups is 2. The van der Waals surface area contributed by atoms with Gasteiger partial charge in [0.15, 0.2) is 0 Å². The van der Waals surface area contributed by atoms with E-state index < -0.39 is 24.2 Å². The maximum absolute atomic E-state index is 13.5. The Morgan fingerprint density at radius 2 is 1.88 bits per heavy atom. The fraction of sp³-hybridized carbons (Fsp3) is 0.727. The van der Waals surface area contributed by atoms with E-state index in [0.29, 0.717) is 19.1 Å². The molecule has 0 radical (unpaired) electrons. The molecule has 0 aliphatic carbocycles. The van der Waals surface area contributed by atoms with Gasteiger partial charge < -0.3 is 20.4 Å². The summed E-state index contributed by atoms with van der Waals surface area (Å²) in [5, 5.41) is 25.3. The molecule has 0 bridgehead atoms. The molecule has 1 amide bonds. The minimum absolute atomic E-state index is 0.166. The zero-order valence-corrected chi connectivity index (χ0v) is 25.1. The molecule has 0 saturated carbocycles. The number of hydrogen-bond donors (Lipinski definition) is 3. The van der Waals surface area contributed by atoms with Crippen molar-refractivity contribution in [1.29, 1.82) is 0 Å². The van der Waals surface area contributed by atoms with Crippen molar-refractivity contribution < 1.29 is 19.8 Å². The average Bonchev–Trinajstić information content (AvgIpc) is 3.53. The summed E-state index contributed by atoms with van der Waals surface area (Å²) in [5.41, 5.74) is 1.90. The quantitative estimate of drug-likeness (QED) is 0.204. The number of rotatable bonds is 16. The number of carbonyl (C=O) groups excluding carboxylic acids is 1. The maximum Gasteiger partial charge on any atom is 0.240 e. The molecule has 224 valence electrons. The first-order chi connectivity index (χ1) is 19.5. The number of amides is 1. The van der Waals surface area contributed by atoms with Crippen LogP contribution >= 0.6 is 0 Å². The van der Waals surface area contributed by atoms with E-state index in [4.69, 9.17) is 4.84 Å². The van der Waals surface area contributed by atoms with Crippen LogP contribution in [0.25, 0.3) is 0 Å². The van der Waals surface area contributed by atoms with Crippen molar-refractivity contribution in [2.45, 2.75) is 122 Å². The molecule has 1 unspecified atom stereocenters. The number of unbranched alkanes of at least 4 members (excludes halogenated alkanes) is 8. The van der Waals surface area contributed by atoms with Crippen LogP contribution in [0.5, 0.6) is 0 Å². The standard InChI is InChI=1S/C33H53N3O4/c1-4-5-6-7-8-9-10-11-12-13-17-27-18-14-15-19-28(27)24-36-32(31(26(2)38)30(25-37)40-36)33(39)34-22-21-29-20-16-23-35(29)3/h14-15,18-19,26,29-32,37-38H,4-12,16,20-25H2,1-3H3,(H,34,39)/t26-,29?,30-,31+,32-/m0/s1. The zero-order chi connectivity index (χ0) is 28.7. The third-order valence-electron chi connectivity index (χ3n) is 8.55. The number of benzene rings is 1. The second-order valence-corrected chi connectivity index (χ2v) is 11.7. The van der Waals surface area contributed by atoms with Gasteiger partial charge >= 0.3 is 0 Å². The van der Waals surface area contributed by atoms with Crippen molar-refractivity contribution in [2.24, 2.45) is 5.92 Å². The van der Waals surface area contributed by atoms with Crippen molar-refractivity contribution >= 4 is 5.91 Å². The van der Waals surface area contributed by atoms with Gasteiger partial charge in [0.05, 0.1) is 19.3 Å². The maximum atomic E-state index is 13.5. The Labute approximate surface area is 242 Å². The minimum atomic E-state index is -0.805. The Bertz CT molecular complexity index is 943. The number of nitrogens with one attached hydrogen (secondary N) is 1. The summed E-state index contributed by atoms with van der Waals surface area (Å²) in [6, 6.07) is 7.76. The molecule has 2 saturated heterocycles. The van der Waals surface area contributed by atoms with Crippen molar-refractivity contribution in [2.75, 3.05) is 26.7 Å². The van der Waals surface area contributed by atoms with E-state index in [-0.39, 0.29) is 12.5 Å². The largest absolute Gasteiger partial charge is 0.394 e. The van der Waals surface area contributed by atoms with Gasteiger partial charge in [0.1, 0.15) is 12.1 Å². The Balaban J connectivity index is 1.59. The lowest BCUT2D eigenvalue weighted by molar-refractivity contribution is -0.181. The molecule has 0 aromatic heterocycles. The van der Waals surface area contributed by atoms with Gasteiger partial charge in [-0.05, 0) is 57.8 Å². The Morgan fingerprint density at radius 1 is 1.15 bits per heavy atom. The van der Waals surface area contributed by atoms with E-state index in [1.54, 1.807) is 12.0 Å². The van der Waals surface area contributed by atoms with Gasteiger partial charge in [0.25, 0.3) is 0 Å². The summed E-state index contributed by atoms with van der Waals surface area (Å²) in [6.45, 7) is 5.69. The van der Waals surface area contributed by atoms with Crippen LogP contribution in [-0.2, 0) is 16.2 Å². The summed E-state index contributed by atoms with van der Waals surface area (Å²) in [4.78, 5) is 21.9. The van der Waals surface area contributed by atoms with Crippen LogP contribution in [0.2, 0.25) is 0 Å². The molecule has 5 atom stereocenters. The molecule has 2 aliphatic rings. The van der Waals surface area contributed by atoms with Crippen LogP contribution in [0.1, 0.15) is 102 Å². The highest BCUT2D eigenvalue weighted by Gasteiger charge is 2.49. The van der Waals surface area contributed by atoms with E-state index in [9.17, 15) is 15.0 Å². The van der Waals surface area contributed by atoms with Crippen molar-refractivity contribution in [3.8, 4) is 11.8 Å². The molecule has 3 rings (SSSR count). The molecule has 2 heterocycles. The van der Waals surface area contributed by atoms with Gasteiger partial charge in [-0.25, -0.2) is 0 Å². The lowest BCUT2D eigenvalue weighted by Gasteiger charge is -2.27. The minimum Gasteiger partial charge on any atom is -0.394 e. The summed E-state index contributed by atoms with van der Waals surface area (Å²) < 4.78 is 0. The Hall–Kier alpha value is -1.95. The fourth-order valence-electron chi connectivity index (χ4n) is 6.14. The molecule has 0 spiro atoms. The van der Waals surface area contributed by atoms with Gasteiger partial charge in [-0.3, -0.25) is 9.63 Å². The van der Waals surface area contributed by atoms with Crippen LogP contribution in [0.3, 0.4) is 0 Å². The fourth-order valence-corrected chi connectivity index (χ4v) is 6.14. The van der Waals surface area contributed by atoms with Crippen molar-refractivity contribution in [3.05, 3.63) is 35.4 Å². The summed E-state index contributed by atoms with van der Waals surface area (Å²) >= 11 is 0. The average molecular weight is 556 g/mol. The number of aliphatic hydroxyl groups excluding tert-OH is 2. The molecule has 1 aromatic carbocycles. The zero-order valence-electron chi connectivity index (χ0n) is 25.1. The predicted octanol–water partition coefficient (Wildman–Crippen LogP) is 4.64. The van der Waals surface area contributed by atoms with E-state index in [0.717, 1.165) is 43.4 Å². The highest BCUT2D eigenvalue weighted by atomic mass is 16.7. The molecule has 3 N–H and O–H groups in total. The van der Waals surface area contributed by atoms with E-state index in [1.165, 1.54) is 51.4 Å². The smallest absolute Gasteiger partial charge is 0.240 e. The first-order valence-corrected chi connectivity index (χ1v) is 15.7. The van der Waals surface area contributed by atoms with Crippen LogP contribution in [0.4, 0.5) is 0 Å². The van der Waals surface area contributed by atoms with Crippen LogP contribution in [0.15, 0.2) is 24.3 Å². The van der Waals surface area contributed by atoms with E-state index in [1.807, 2.05) is 24.3 Å². The normalized spacial score (nSPS) is 24.1. The van der Waals surface area contributed by atoms with Crippen molar-refractivity contribution in [1.82, 2.24) is 15.3 Å². The highest BCUT2D eigenvalue weighted by Crippen LogP contribution is 2.32. The summed E-state index contributed by atoms with van der Waals surface area (Å²) in [7, 11) is 2.14. The van der Waals surface area contributed by atoms with Gasteiger partial charge in [0.2, 0.25) is 5.91 Å². The Morgan fingerprint density at radius 3 is 2.55 bits per heavy atom. The first-order valence-electron chi connectivity index (χ1n) is 15.7. The van der Waals surface area contributed by atoms with Crippen LogP contribution in [-0.4, -0.2) is 77.1 Å². The molecule has 2 fully saturated rings. The third kappa shape index (κ3) is 9.85. The van der Waals surface area contributed by atoms with Gasteiger partial charge in [-0.15, -0.1) is 0 Å². The SMILES string of the molecule is CCCCCCCCCCC#Cc1ccccc1CN1O[C@@H](CO)[C@@H]([C@H](C)O)[C@H]1C(=O)NCCC1CCCN1C. The molecular weight excluding hydrogens is 502 g/mol. The second-order valence-electron chi connectivity index (χ2n) is 11.7. The monoisotopic (exact) mass is 555 g/mol. The Kier molecular flexibility index (Phi) is 14.5. The molecule has 7 nitrogen and oxygen atoms in total. The number of likely N-dealkylation sites (tertiary alicyclic amines) is 1. The second kappa shape index (κ2) is 17.8. The topological polar surface area (TPSA) is 85.3 Å². The number of hydroxylamine groups is 2. The highest BCUT2D eigenvalue weighted by molar-refractivity contribution is 5.82. The molecular formula is C33H53N3O4. The third-order valence-corrected chi connectivity index (χ3v) is 8.55. The predicted molar refractivity (Wildman–Crippen MR) is 160 cm³/mol. The number of hydrogen-bond acceptors (Lipinski definition) is 6. The molecule has 2 aliphatic heterocycles. The van der Waals surface area contributed by atoms with E-state index >= 15 is 0 Å². The lowest BCUT2D eigenvalue weighted by atomic mass is 9.89. The molecule has 40 heavy (non-hydrogen) atoms. The lowest BCUT2D eigenvalue weighted by Crippen LogP contribution is -2.49. The number of carbonyl (C=O) groups is 1.